The minimum atomic E-state index is -2.79. The summed E-state index contributed by atoms with van der Waals surface area (Å²) >= 11 is 0. The summed E-state index contributed by atoms with van der Waals surface area (Å²) in [5, 5.41) is 19.2. The molecular weight excluding hydrogens is 767 g/mol. The van der Waals surface area contributed by atoms with E-state index in [2.05, 4.69) is 206 Å². The fourth-order valence-corrected chi connectivity index (χ4v) is 14.9. The molecule has 0 bridgehead atoms. The van der Waals surface area contributed by atoms with Gasteiger partial charge in [0.05, 0.1) is 0 Å². The van der Waals surface area contributed by atoms with Crippen molar-refractivity contribution in [3.8, 4) is 34.2 Å². The molecular formula is C51H49N9Si. The molecule has 10 rings (SSSR count). The molecule has 0 saturated heterocycles. The van der Waals surface area contributed by atoms with Crippen molar-refractivity contribution in [3.05, 3.63) is 169 Å². The lowest BCUT2D eigenvalue weighted by molar-refractivity contribution is 0.590. The predicted molar refractivity (Wildman–Crippen MR) is 249 cm³/mol. The molecule has 0 saturated carbocycles. The third-order valence-electron chi connectivity index (χ3n) is 12.4. The molecule has 4 aromatic heterocycles. The Labute approximate surface area is 357 Å². The zero-order valence-corrected chi connectivity index (χ0v) is 36.7. The van der Waals surface area contributed by atoms with Crippen molar-refractivity contribution in [1.82, 2.24) is 43.8 Å². The fraction of sp³-hybridized carbons (Fsp3) is 0.216. The van der Waals surface area contributed by atoms with Crippen molar-refractivity contribution in [1.29, 1.82) is 0 Å². The average molecular weight is 816 g/mol. The van der Waals surface area contributed by atoms with Crippen LogP contribution in [0.2, 0.25) is 5.04 Å². The van der Waals surface area contributed by atoms with E-state index in [9.17, 15) is 0 Å². The second-order valence-corrected chi connectivity index (χ2v) is 22.9. The van der Waals surface area contributed by atoms with Gasteiger partial charge in [0.1, 0.15) is 0 Å². The van der Waals surface area contributed by atoms with E-state index in [1.165, 1.54) is 26.7 Å². The number of allylic oxidation sites excluding steroid dienone is 4. The lowest BCUT2D eigenvalue weighted by Crippen LogP contribution is -2.73. The van der Waals surface area contributed by atoms with Crippen LogP contribution in [-0.4, -0.2) is 51.9 Å². The molecule has 0 N–H and O–H groups in total. The number of fused-ring (bicyclic) bond motifs is 6. The van der Waals surface area contributed by atoms with Gasteiger partial charge >= 0.3 is 0 Å². The van der Waals surface area contributed by atoms with Gasteiger partial charge in [0.2, 0.25) is 0 Å². The number of hydrogen-bond acceptors (Lipinski definition) is 6. The summed E-state index contributed by atoms with van der Waals surface area (Å²) < 4.78 is 5.24. The van der Waals surface area contributed by atoms with Crippen LogP contribution < -0.4 is 15.6 Å². The van der Waals surface area contributed by atoms with Crippen LogP contribution in [0.1, 0.15) is 66.0 Å². The van der Waals surface area contributed by atoms with Crippen molar-refractivity contribution in [2.75, 3.05) is 0 Å². The highest BCUT2D eigenvalue weighted by Gasteiger charge is 2.52. The normalized spacial score (nSPS) is 16.0. The van der Waals surface area contributed by atoms with Gasteiger partial charge in [-0.3, -0.25) is 0 Å². The zero-order valence-electron chi connectivity index (χ0n) is 35.7. The summed E-state index contributed by atoms with van der Waals surface area (Å²) in [5.74, 6) is 3.19. The first-order valence-corrected chi connectivity index (χ1v) is 23.0. The van der Waals surface area contributed by atoms with E-state index < -0.39 is 8.07 Å². The second-order valence-electron chi connectivity index (χ2n) is 18.6. The highest BCUT2D eigenvalue weighted by Crippen LogP contribution is 2.44. The van der Waals surface area contributed by atoms with Crippen molar-refractivity contribution >= 4 is 41.0 Å². The maximum Gasteiger partial charge on any atom is 0.260 e. The highest BCUT2D eigenvalue weighted by atomic mass is 28.3. The van der Waals surface area contributed by atoms with Crippen LogP contribution in [0.4, 0.5) is 0 Å². The Hall–Kier alpha value is -6.78. The summed E-state index contributed by atoms with van der Waals surface area (Å²) in [6.45, 7) is 15.7. The standard InChI is InChI=1S/C51H49N9Si/c1-49(2,3)38-28-24-35(25-29-38)43-52-46-58-47(53-44(55-58)36-26-30-39(31-27-36)50(4,5)6)60-48(59(46)56-43)54-45(57-60)37-18-17-23-42(34-37)61(40-19-11-8-12-20-40,41-21-13-9-14-22-41)51(7)32-15-10-16-33-51/h8-32,34H,33H2,1-7H3. The van der Waals surface area contributed by atoms with E-state index in [0.29, 0.717) is 34.8 Å². The maximum atomic E-state index is 5.26. The minimum Gasteiger partial charge on any atom is -0.189 e. The molecule has 61 heavy (non-hydrogen) atoms. The van der Waals surface area contributed by atoms with E-state index in [0.717, 1.165) is 23.1 Å². The van der Waals surface area contributed by atoms with Gasteiger partial charge in [0, 0.05) is 16.7 Å². The molecule has 0 fully saturated rings. The molecule has 0 radical (unpaired) electrons. The minimum absolute atomic E-state index is 0.0207. The Bertz CT molecular complexity index is 2960. The highest BCUT2D eigenvalue weighted by molar-refractivity contribution is 7.13. The van der Waals surface area contributed by atoms with Gasteiger partial charge < -0.3 is 0 Å². The van der Waals surface area contributed by atoms with Crippen molar-refractivity contribution in [2.45, 2.75) is 70.8 Å². The molecule has 302 valence electrons. The summed E-state index contributed by atoms with van der Waals surface area (Å²) in [7, 11) is -2.79. The SMILES string of the molecule is CC(C)(C)c1ccc(-c2nc3n(n2)c2nc(-c4ccc(C(C)(C)C)cc4)nn2c2nc(-c4cccc([Si](c5ccccc5)(c5ccccc5)C5(C)C=CC=CC5)c4)nn32)cc1. The molecule has 0 spiro atoms. The third-order valence-corrected chi connectivity index (χ3v) is 18.1. The molecule has 1 aliphatic rings. The Balaban J connectivity index is 1.19. The number of rotatable bonds is 7. The molecule has 4 heterocycles. The molecule has 5 aromatic carbocycles. The smallest absolute Gasteiger partial charge is 0.189 e. The largest absolute Gasteiger partial charge is 0.260 e. The number of nitrogens with zero attached hydrogens (tertiary/aromatic N) is 9. The summed E-state index contributed by atoms with van der Waals surface area (Å²) in [6.07, 6.45) is 10.1. The van der Waals surface area contributed by atoms with Crippen LogP contribution in [-0.2, 0) is 10.8 Å². The quantitative estimate of drug-likeness (QED) is 0.118. The van der Waals surface area contributed by atoms with E-state index in [-0.39, 0.29) is 15.9 Å². The van der Waals surface area contributed by atoms with Gasteiger partial charge in [-0.05, 0) is 49.0 Å². The molecule has 1 atom stereocenters. The van der Waals surface area contributed by atoms with Crippen LogP contribution in [0, 0.1) is 0 Å². The van der Waals surface area contributed by atoms with Gasteiger partial charge in [0.15, 0.2) is 25.5 Å². The van der Waals surface area contributed by atoms with E-state index in [4.69, 9.17) is 30.2 Å². The van der Waals surface area contributed by atoms with Crippen molar-refractivity contribution in [3.63, 3.8) is 0 Å². The molecule has 1 aliphatic carbocycles. The van der Waals surface area contributed by atoms with E-state index in [1.807, 2.05) is 0 Å². The van der Waals surface area contributed by atoms with Crippen molar-refractivity contribution < 1.29 is 0 Å². The molecule has 0 amide bonds. The van der Waals surface area contributed by atoms with E-state index >= 15 is 0 Å². The van der Waals surface area contributed by atoms with Crippen LogP contribution >= 0.6 is 0 Å². The first-order valence-electron chi connectivity index (χ1n) is 21.0. The lowest BCUT2D eigenvalue weighted by atomic mass is 9.87. The summed E-state index contributed by atoms with van der Waals surface area (Å²) in [6, 6.07) is 48.0. The van der Waals surface area contributed by atoms with Crippen LogP contribution in [0.3, 0.4) is 0 Å². The van der Waals surface area contributed by atoms with Gasteiger partial charge in [-0.1, -0.05) is 206 Å². The monoisotopic (exact) mass is 815 g/mol. The Kier molecular flexibility index (Phi) is 8.92. The maximum absolute atomic E-state index is 5.26. The molecule has 10 heteroatoms. The van der Waals surface area contributed by atoms with Crippen LogP contribution in [0.25, 0.3) is 51.5 Å². The Morgan fingerprint density at radius 3 is 1.31 bits per heavy atom. The molecule has 1 unspecified atom stereocenters. The summed E-state index contributed by atoms with van der Waals surface area (Å²) in [4.78, 5) is 15.5. The van der Waals surface area contributed by atoms with Crippen molar-refractivity contribution in [2.24, 2.45) is 0 Å². The van der Waals surface area contributed by atoms with Gasteiger partial charge in [0.25, 0.3) is 17.3 Å². The molecule has 0 aliphatic heterocycles. The van der Waals surface area contributed by atoms with Crippen LogP contribution in [0.15, 0.2) is 158 Å². The van der Waals surface area contributed by atoms with Gasteiger partial charge in [-0.25, -0.2) is 0 Å². The topological polar surface area (TPSA) is 90.6 Å². The zero-order chi connectivity index (χ0) is 42.1. The first-order chi connectivity index (χ1) is 29.3. The van der Waals surface area contributed by atoms with Crippen LogP contribution in [0.5, 0.6) is 0 Å². The van der Waals surface area contributed by atoms with Gasteiger partial charge in [-0.2, -0.15) is 28.5 Å². The lowest BCUT2D eigenvalue weighted by Gasteiger charge is -2.47. The Morgan fingerprint density at radius 1 is 0.475 bits per heavy atom. The second kappa shape index (κ2) is 14.2. The van der Waals surface area contributed by atoms with E-state index in [1.54, 1.807) is 13.5 Å². The molecule has 9 aromatic rings. The Morgan fingerprint density at radius 2 is 0.902 bits per heavy atom. The number of hydrogen-bond donors (Lipinski definition) is 0. The third kappa shape index (κ3) is 6.35. The average Bonchev–Trinajstić information content (AvgIpc) is 4.03. The number of benzene rings is 5. The summed E-state index contributed by atoms with van der Waals surface area (Å²) in [5.41, 5.74) is 5.23. The predicted octanol–water partition coefficient (Wildman–Crippen LogP) is 9.16. The van der Waals surface area contributed by atoms with Gasteiger partial charge in [-0.15, -0.1) is 15.3 Å². The first kappa shape index (κ1) is 38.4. The fourth-order valence-electron chi connectivity index (χ4n) is 9.09. The molecule has 9 nitrogen and oxygen atoms in total. The number of aromatic nitrogens is 9.